The third-order valence-corrected chi connectivity index (χ3v) is 4.75. The number of nitrogens with zero attached hydrogens (tertiary/aromatic N) is 2. The van der Waals surface area contributed by atoms with E-state index in [4.69, 9.17) is 0 Å². The molecule has 0 saturated heterocycles. The summed E-state index contributed by atoms with van der Waals surface area (Å²) in [5.41, 5.74) is 0.673. The zero-order valence-corrected chi connectivity index (χ0v) is 12.2. The minimum absolute atomic E-state index is 0.262. The van der Waals surface area contributed by atoms with Crippen molar-refractivity contribution >= 4 is 21.2 Å². The van der Waals surface area contributed by atoms with Gasteiger partial charge in [0, 0.05) is 11.8 Å². The Morgan fingerprint density at radius 1 is 1.20 bits per heavy atom. The third kappa shape index (κ3) is 2.50. The molecule has 0 amide bonds. The number of thiophene rings is 1. The molecule has 7 heteroatoms. The smallest absolute Gasteiger partial charge is 0.181 e. The fourth-order valence-electron chi connectivity index (χ4n) is 1.78. The molecule has 0 spiro atoms. The van der Waals surface area contributed by atoms with E-state index in [0.717, 1.165) is 4.88 Å². The van der Waals surface area contributed by atoms with Crippen molar-refractivity contribution in [1.29, 1.82) is 0 Å². The second kappa shape index (κ2) is 4.84. The van der Waals surface area contributed by atoms with E-state index in [1.807, 2.05) is 17.5 Å². The van der Waals surface area contributed by atoms with E-state index in [9.17, 15) is 8.42 Å². The maximum atomic E-state index is 11.6. The van der Waals surface area contributed by atoms with Crippen molar-refractivity contribution in [2.75, 3.05) is 6.26 Å². The number of benzene rings is 1. The van der Waals surface area contributed by atoms with Crippen LogP contribution in [0.4, 0.5) is 0 Å². The van der Waals surface area contributed by atoms with Gasteiger partial charge in [0.1, 0.15) is 0 Å². The van der Waals surface area contributed by atoms with Gasteiger partial charge in [-0.15, -0.1) is 11.3 Å². The highest BCUT2D eigenvalue weighted by molar-refractivity contribution is 7.90. The lowest BCUT2D eigenvalue weighted by atomic mass is 10.2. The Hall–Kier alpha value is -1.99. The topological polar surface area (TPSA) is 75.7 Å². The van der Waals surface area contributed by atoms with Gasteiger partial charge in [-0.25, -0.2) is 13.4 Å². The van der Waals surface area contributed by atoms with Crippen LogP contribution < -0.4 is 0 Å². The van der Waals surface area contributed by atoms with Gasteiger partial charge in [0.05, 0.1) is 9.77 Å². The van der Waals surface area contributed by atoms with Crippen LogP contribution in [0.2, 0.25) is 0 Å². The van der Waals surface area contributed by atoms with E-state index in [1.54, 1.807) is 35.6 Å². The first-order chi connectivity index (χ1) is 9.54. The summed E-state index contributed by atoms with van der Waals surface area (Å²) in [7, 11) is -3.23. The number of rotatable bonds is 3. The lowest BCUT2D eigenvalue weighted by molar-refractivity contribution is 0.602. The molecule has 0 radical (unpaired) electrons. The predicted octanol–water partition coefficient (Wildman–Crippen LogP) is 2.60. The molecule has 0 atom stereocenters. The Morgan fingerprint density at radius 2 is 2.05 bits per heavy atom. The predicted molar refractivity (Wildman–Crippen MR) is 78.2 cm³/mol. The number of aromatic nitrogens is 3. The van der Waals surface area contributed by atoms with Crippen LogP contribution in [0.5, 0.6) is 0 Å². The summed E-state index contributed by atoms with van der Waals surface area (Å²) in [6.07, 6.45) is 1.18. The second-order valence-electron chi connectivity index (χ2n) is 4.28. The van der Waals surface area contributed by atoms with Gasteiger partial charge >= 0.3 is 0 Å². The molecule has 0 unspecified atom stereocenters. The van der Waals surface area contributed by atoms with Gasteiger partial charge in [-0.2, -0.15) is 5.10 Å². The van der Waals surface area contributed by atoms with E-state index in [2.05, 4.69) is 15.2 Å². The average molecular weight is 305 g/mol. The molecule has 2 aromatic heterocycles. The van der Waals surface area contributed by atoms with Crippen LogP contribution in [-0.2, 0) is 9.84 Å². The highest BCUT2D eigenvalue weighted by atomic mass is 32.2. The molecule has 1 aromatic carbocycles. The number of sulfone groups is 1. The lowest BCUT2D eigenvalue weighted by Crippen LogP contribution is -1.97. The lowest BCUT2D eigenvalue weighted by Gasteiger charge is -2.00. The van der Waals surface area contributed by atoms with Gasteiger partial charge in [0.2, 0.25) is 0 Å². The summed E-state index contributed by atoms with van der Waals surface area (Å²) in [5, 5.41) is 8.97. The standard InChI is InChI=1S/C13H11N3O2S2/c1-20(17,18)10-5-2-4-9(8-10)12-14-13(16-15-12)11-6-3-7-19-11/h2-8H,1H3,(H,14,15,16). The van der Waals surface area contributed by atoms with Crippen molar-refractivity contribution < 1.29 is 8.42 Å². The minimum Gasteiger partial charge on any atom is -0.258 e. The maximum Gasteiger partial charge on any atom is 0.181 e. The number of hydrogen-bond donors (Lipinski definition) is 1. The quantitative estimate of drug-likeness (QED) is 0.807. The van der Waals surface area contributed by atoms with Gasteiger partial charge in [-0.1, -0.05) is 18.2 Å². The van der Waals surface area contributed by atoms with E-state index >= 15 is 0 Å². The van der Waals surface area contributed by atoms with Crippen molar-refractivity contribution in [3.63, 3.8) is 0 Å². The molecule has 5 nitrogen and oxygen atoms in total. The van der Waals surface area contributed by atoms with Crippen LogP contribution in [0.15, 0.2) is 46.7 Å². The van der Waals surface area contributed by atoms with E-state index in [-0.39, 0.29) is 4.90 Å². The number of aromatic amines is 1. The zero-order chi connectivity index (χ0) is 14.2. The summed E-state index contributed by atoms with van der Waals surface area (Å²) >= 11 is 1.56. The zero-order valence-electron chi connectivity index (χ0n) is 10.6. The highest BCUT2D eigenvalue weighted by Gasteiger charge is 2.12. The molecule has 20 heavy (non-hydrogen) atoms. The van der Waals surface area contributed by atoms with Crippen molar-refractivity contribution in [3.05, 3.63) is 41.8 Å². The number of H-pyrrole nitrogens is 1. The maximum absolute atomic E-state index is 11.6. The van der Waals surface area contributed by atoms with Crippen molar-refractivity contribution in [3.8, 4) is 22.1 Å². The molecule has 1 N–H and O–H groups in total. The molecule has 3 rings (SSSR count). The molecular weight excluding hydrogens is 294 g/mol. The van der Waals surface area contributed by atoms with Crippen molar-refractivity contribution in [2.45, 2.75) is 4.90 Å². The Bertz CT molecular complexity index is 836. The first-order valence-electron chi connectivity index (χ1n) is 5.81. The van der Waals surface area contributed by atoms with Gasteiger partial charge in [0.25, 0.3) is 0 Å². The van der Waals surface area contributed by atoms with Crippen LogP contribution >= 0.6 is 11.3 Å². The van der Waals surface area contributed by atoms with E-state index in [1.165, 1.54) is 6.26 Å². The summed E-state index contributed by atoms with van der Waals surface area (Å²) in [4.78, 5) is 5.65. The molecule has 102 valence electrons. The monoisotopic (exact) mass is 305 g/mol. The number of nitrogens with one attached hydrogen (secondary N) is 1. The summed E-state index contributed by atoms with van der Waals surface area (Å²) in [6.45, 7) is 0. The normalized spacial score (nSPS) is 11.7. The summed E-state index contributed by atoms with van der Waals surface area (Å²) in [5.74, 6) is 1.17. The Morgan fingerprint density at radius 3 is 2.75 bits per heavy atom. The van der Waals surface area contributed by atoms with Crippen LogP contribution in [0.25, 0.3) is 22.1 Å². The molecule has 0 aliphatic carbocycles. The molecule has 0 saturated carbocycles. The summed E-state index contributed by atoms with van der Waals surface area (Å²) in [6, 6.07) is 10.5. The van der Waals surface area contributed by atoms with Gasteiger partial charge in [0.15, 0.2) is 21.5 Å². The Kier molecular flexibility index (Phi) is 3.15. The van der Waals surface area contributed by atoms with Crippen LogP contribution in [-0.4, -0.2) is 29.9 Å². The second-order valence-corrected chi connectivity index (χ2v) is 7.25. The number of hydrogen-bond acceptors (Lipinski definition) is 5. The molecule has 0 aliphatic heterocycles. The minimum atomic E-state index is -3.23. The Labute approximate surface area is 120 Å². The third-order valence-electron chi connectivity index (χ3n) is 2.76. The van der Waals surface area contributed by atoms with Gasteiger partial charge in [-0.3, -0.25) is 5.10 Å². The summed E-state index contributed by atoms with van der Waals surface area (Å²) < 4.78 is 23.1. The highest BCUT2D eigenvalue weighted by Crippen LogP contribution is 2.24. The van der Waals surface area contributed by atoms with E-state index < -0.39 is 9.84 Å². The van der Waals surface area contributed by atoms with Crippen molar-refractivity contribution in [2.24, 2.45) is 0 Å². The Balaban J connectivity index is 2.02. The first-order valence-corrected chi connectivity index (χ1v) is 8.58. The SMILES string of the molecule is CS(=O)(=O)c1cccc(-c2n[nH]c(-c3cccs3)n2)c1. The molecule has 2 heterocycles. The van der Waals surface area contributed by atoms with Crippen molar-refractivity contribution in [1.82, 2.24) is 15.2 Å². The fourth-order valence-corrected chi connectivity index (χ4v) is 3.11. The molecule has 0 fully saturated rings. The van der Waals surface area contributed by atoms with Crippen LogP contribution in [0.1, 0.15) is 0 Å². The van der Waals surface area contributed by atoms with Crippen LogP contribution in [0.3, 0.4) is 0 Å². The molecule has 0 aliphatic rings. The fraction of sp³-hybridized carbons (Fsp3) is 0.0769. The molecule has 3 aromatic rings. The average Bonchev–Trinajstić information content (AvgIpc) is 3.09. The van der Waals surface area contributed by atoms with Gasteiger partial charge < -0.3 is 0 Å². The largest absolute Gasteiger partial charge is 0.258 e. The first kappa shape index (κ1) is 13.0. The van der Waals surface area contributed by atoms with Crippen LogP contribution in [0, 0.1) is 0 Å². The molecular formula is C13H11N3O2S2. The van der Waals surface area contributed by atoms with E-state index in [0.29, 0.717) is 17.2 Å². The molecule has 0 bridgehead atoms. The van der Waals surface area contributed by atoms with Gasteiger partial charge in [-0.05, 0) is 23.6 Å².